The van der Waals surface area contributed by atoms with E-state index in [1.54, 1.807) is 6.07 Å². The summed E-state index contributed by atoms with van der Waals surface area (Å²) in [6, 6.07) is 4.38. The molecular formula is C14H16FN3O3. The highest BCUT2D eigenvalue weighted by molar-refractivity contribution is 5.74. The molecular weight excluding hydrogens is 277 g/mol. The average Bonchev–Trinajstić information content (AvgIpc) is 2.79. The number of carbonyl (C=O) groups is 1. The molecule has 1 amide bonds. The molecule has 21 heavy (non-hydrogen) atoms. The Hall–Kier alpha value is -2.15. The molecule has 0 bridgehead atoms. The maximum absolute atomic E-state index is 14.4. The van der Waals surface area contributed by atoms with Crippen molar-refractivity contribution >= 4 is 18.1 Å². The minimum Gasteiger partial charge on any atom is -0.465 e. The zero-order valence-electron chi connectivity index (χ0n) is 11.6. The zero-order chi connectivity index (χ0) is 15.1. The van der Waals surface area contributed by atoms with Crippen molar-refractivity contribution in [2.45, 2.75) is 12.5 Å². The van der Waals surface area contributed by atoms with Gasteiger partial charge in [0.2, 0.25) is 6.41 Å². The van der Waals surface area contributed by atoms with Gasteiger partial charge in [-0.3, -0.25) is 4.79 Å². The van der Waals surface area contributed by atoms with Crippen LogP contribution >= 0.6 is 0 Å². The molecule has 0 saturated carbocycles. The summed E-state index contributed by atoms with van der Waals surface area (Å²) in [4.78, 5) is 15.0. The van der Waals surface area contributed by atoms with E-state index in [-0.39, 0.29) is 12.6 Å². The Morgan fingerprint density at radius 2 is 2.24 bits per heavy atom. The molecule has 1 aromatic carbocycles. The van der Waals surface area contributed by atoms with Crippen LogP contribution in [0, 0.1) is 11.2 Å². The number of hydrogen-bond donors (Lipinski definition) is 2. The van der Waals surface area contributed by atoms with Crippen LogP contribution in [0.5, 0.6) is 0 Å². The van der Waals surface area contributed by atoms with E-state index in [2.05, 4.69) is 10.3 Å². The van der Waals surface area contributed by atoms with Crippen molar-refractivity contribution in [1.29, 1.82) is 0 Å². The first-order valence-electron chi connectivity index (χ1n) is 6.57. The first kappa shape index (κ1) is 13.8. The fourth-order valence-corrected chi connectivity index (χ4v) is 2.96. The molecule has 3 N–H and O–H groups in total. The lowest BCUT2D eigenvalue weighted by molar-refractivity contribution is -0.105. The lowest BCUT2D eigenvalue weighted by atomic mass is 9.69. The van der Waals surface area contributed by atoms with Gasteiger partial charge in [0, 0.05) is 11.3 Å². The van der Waals surface area contributed by atoms with Gasteiger partial charge in [0.15, 0.2) is 0 Å². The van der Waals surface area contributed by atoms with Gasteiger partial charge in [-0.2, -0.15) is 0 Å². The van der Waals surface area contributed by atoms with E-state index in [9.17, 15) is 9.18 Å². The fourth-order valence-electron chi connectivity index (χ4n) is 2.96. The van der Waals surface area contributed by atoms with E-state index in [1.807, 2.05) is 6.92 Å². The first-order chi connectivity index (χ1) is 10.0. The normalized spacial score (nSPS) is 31.0. The number of nitrogens with zero attached hydrogens (tertiary/aromatic N) is 1. The quantitative estimate of drug-likeness (QED) is 0.813. The Morgan fingerprint density at radius 3 is 3.00 bits per heavy atom. The van der Waals surface area contributed by atoms with Gasteiger partial charge in [0.1, 0.15) is 18.0 Å². The smallest absolute Gasteiger partial charge is 0.282 e. The van der Waals surface area contributed by atoms with Crippen LogP contribution in [-0.4, -0.2) is 32.3 Å². The Bertz CT molecular complexity index is 621. The number of nitrogens with two attached hydrogens (primary N) is 1. The fraction of sp³-hybridized carbons (Fsp3) is 0.429. The molecule has 0 radical (unpaired) electrons. The molecule has 0 spiro atoms. The summed E-state index contributed by atoms with van der Waals surface area (Å²) < 4.78 is 25.3. The second kappa shape index (κ2) is 4.70. The molecule has 1 fully saturated rings. The van der Waals surface area contributed by atoms with Crippen LogP contribution in [-0.2, 0) is 19.8 Å². The van der Waals surface area contributed by atoms with Crippen LogP contribution < -0.4 is 11.1 Å². The zero-order valence-corrected chi connectivity index (χ0v) is 11.6. The van der Waals surface area contributed by atoms with E-state index < -0.39 is 16.8 Å². The predicted octanol–water partition coefficient (Wildman–Crippen LogP) is 0.971. The lowest BCUT2D eigenvalue weighted by Crippen LogP contribution is -2.50. The third kappa shape index (κ3) is 1.96. The summed E-state index contributed by atoms with van der Waals surface area (Å²) in [6.07, 6.45) is 0.542. The van der Waals surface area contributed by atoms with Crippen LogP contribution in [0.4, 0.5) is 10.1 Å². The number of benzene rings is 1. The maximum Gasteiger partial charge on any atom is 0.282 e. The molecule has 7 heteroatoms. The number of fused-ring (bicyclic) bond motifs is 1. The number of nitrogens with one attached hydrogen (secondary N) is 1. The molecule has 6 nitrogen and oxygen atoms in total. The Kier molecular flexibility index (Phi) is 3.09. The van der Waals surface area contributed by atoms with Crippen molar-refractivity contribution in [1.82, 2.24) is 0 Å². The number of amides is 1. The van der Waals surface area contributed by atoms with Gasteiger partial charge in [-0.05, 0) is 18.2 Å². The van der Waals surface area contributed by atoms with Crippen LogP contribution in [0.25, 0.3) is 0 Å². The molecule has 1 saturated heterocycles. The third-order valence-electron chi connectivity index (χ3n) is 4.21. The van der Waals surface area contributed by atoms with Gasteiger partial charge in [0.05, 0.1) is 18.6 Å². The number of rotatable bonds is 3. The SMILES string of the molecule is C[C@@]12COC[C@]1(c1cc(NC=O)ccc1F)N=C(N)OC2. The number of ether oxygens (including phenoxy) is 2. The van der Waals surface area contributed by atoms with Crippen molar-refractivity contribution < 1.29 is 18.7 Å². The number of halogens is 1. The van der Waals surface area contributed by atoms with E-state index in [1.165, 1.54) is 12.1 Å². The second-order valence-corrected chi connectivity index (χ2v) is 5.61. The standard InChI is InChI=1S/C14H16FN3O3/c1-13-5-20-7-14(13,18-12(16)21-6-13)10-4-9(17-8-19)2-3-11(10)15/h2-4,8H,5-7H2,1H3,(H2,16,18)(H,17,19)/t13-,14+/m0/s1. The van der Waals surface area contributed by atoms with Gasteiger partial charge in [-0.15, -0.1) is 0 Å². The summed E-state index contributed by atoms with van der Waals surface area (Å²) in [5.41, 5.74) is 5.07. The highest BCUT2D eigenvalue weighted by Gasteiger charge is 2.58. The Morgan fingerprint density at radius 1 is 1.43 bits per heavy atom. The molecule has 2 aliphatic heterocycles. The molecule has 2 aliphatic rings. The molecule has 1 aromatic rings. The second-order valence-electron chi connectivity index (χ2n) is 5.61. The minimum absolute atomic E-state index is 0.0196. The largest absolute Gasteiger partial charge is 0.465 e. The van der Waals surface area contributed by atoms with Crippen LogP contribution in [0.3, 0.4) is 0 Å². The number of amidine groups is 1. The van der Waals surface area contributed by atoms with Gasteiger partial charge in [-0.1, -0.05) is 6.92 Å². The average molecular weight is 293 g/mol. The summed E-state index contributed by atoms with van der Waals surface area (Å²) in [5.74, 6) is -0.415. The van der Waals surface area contributed by atoms with Crippen LogP contribution in [0.2, 0.25) is 0 Å². The van der Waals surface area contributed by atoms with Crippen LogP contribution in [0.15, 0.2) is 23.2 Å². The number of anilines is 1. The minimum atomic E-state index is -0.944. The Labute approximate surface area is 121 Å². The molecule has 3 rings (SSSR count). The topological polar surface area (TPSA) is 85.9 Å². The summed E-state index contributed by atoms with van der Waals surface area (Å²) in [6.45, 7) is 2.84. The predicted molar refractivity (Wildman–Crippen MR) is 74.3 cm³/mol. The Balaban J connectivity index is 2.18. The number of carbonyl (C=O) groups excluding carboxylic acids is 1. The maximum atomic E-state index is 14.4. The number of hydrogen-bond acceptors (Lipinski definition) is 5. The highest BCUT2D eigenvalue weighted by Crippen LogP contribution is 2.51. The summed E-state index contributed by atoms with van der Waals surface area (Å²) in [7, 11) is 0. The molecule has 0 aromatic heterocycles. The lowest BCUT2D eigenvalue weighted by Gasteiger charge is -2.42. The van der Waals surface area contributed by atoms with Gasteiger partial charge in [0.25, 0.3) is 6.02 Å². The van der Waals surface area contributed by atoms with Gasteiger partial charge >= 0.3 is 0 Å². The highest BCUT2D eigenvalue weighted by atomic mass is 19.1. The van der Waals surface area contributed by atoms with Crippen molar-refractivity contribution in [3.63, 3.8) is 0 Å². The third-order valence-corrected chi connectivity index (χ3v) is 4.21. The monoisotopic (exact) mass is 293 g/mol. The number of aliphatic imine (C=N–C) groups is 1. The summed E-state index contributed by atoms with van der Waals surface area (Å²) in [5, 5.41) is 2.52. The van der Waals surface area contributed by atoms with Gasteiger partial charge in [-0.25, -0.2) is 9.38 Å². The van der Waals surface area contributed by atoms with Gasteiger partial charge < -0.3 is 20.5 Å². The van der Waals surface area contributed by atoms with Crippen molar-refractivity contribution in [2.24, 2.45) is 16.1 Å². The molecule has 2 atom stereocenters. The van der Waals surface area contributed by atoms with E-state index in [0.717, 1.165) is 0 Å². The molecule has 2 heterocycles. The molecule has 0 aliphatic carbocycles. The van der Waals surface area contributed by atoms with E-state index in [4.69, 9.17) is 15.2 Å². The van der Waals surface area contributed by atoms with E-state index >= 15 is 0 Å². The van der Waals surface area contributed by atoms with Crippen LogP contribution in [0.1, 0.15) is 12.5 Å². The van der Waals surface area contributed by atoms with E-state index in [0.29, 0.717) is 30.9 Å². The first-order valence-corrected chi connectivity index (χ1v) is 6.57. The van der Waals surface area contributed by atoms with Crippen molar-refractivity contribution in [3.8, 4) is 0 Å². The molecule has 0 unspecified atom stereocenters. The summed E-state index contributed by atoms with van der Waals surface area (Å²) >= 11 is 0. The van der Waals surface area contributed by atoms with Crippen molar-refractivity contribution in [3.05, 3.63) is 29.6 Å². The van der Waals surface area contributed by atoms with Crippen molar-refractivity contribution in [2.75, 3.05) is 25.1 Å². The molecule has 112 valence electrons.